The van der Waals surface area contributed by atoms with Crippen molar-refractivity contribution in [2.45, 2.75) is 24.0 Å². The summed E-state index contributed by atoms with van der Waals surface area (Å²) in [6, 6.07) is 19.3. The highest BCUT2D eigenvalue weighted by Gasteiger charge is 2.18. The first-order valence-corrected chi connectivity index (χ1v) is 11.9. The Kier molecular flexibility index (Phi) is 5.74. The first-order valence-electron chi connectivity index (χ1n) is 9.44. The maximum absolute atomic E-state index is 13.7. The van der Waals surface area contributed by atoms with Crippen molar-refractivity contribution in [3.63, 3.8) is 0 Å². The lowest BCUT2D eigenvalue weighted by molar-refractivity contribution is 0.628. The minimum absolute atomic E-state index is 0.177. The Hall–Kier alpha value is -2.90. The zero-order chi connectivity index (χ0) is 21.1. The predicted octanol–water partition coefficient (Wildman–Crippen LogP) is 6.58. The SMILES string of the molecule is CC(C)S(=O)(=Nc1cc(-c2scnc2-c2ccc(F)cc2)ccn1)c1ccccc1. The molecule has 0 aliphatic heterocycles. The highest BCUT2D eigenvalue weighted by Crippen LogP contribution is 2.36. The Morgan fingerprint density at radius 2 is 1.70 bits per heavy atom. The number of nitrogens with zero attached hydrogens (tertiary/aromatic N) is 3. The van der Waals surface area contributed by atoms with Gasteiger partial charge in [-0.15, -0.1) is 11.3 Å². The van der Waals surface area contributed by atoms with E-state index in [1.54, 1.807) is 23.8 Å². The van der Waals surface area contributed by atoms with Gasteiger partial charge in [0, 0.05) is 21.9 Å². The third-order valence-corrected chi connectivity index (χ3v) is 8.20. The average molecular weight is 438 g/mol. The van der Waals surface area contributed by atoms with Gasteiger partial charge in [0.15, 0.2) is 5.82 Å². The van der Waals surface area contributed by atoms with Crippen LogP contribution in [0.5, 0.6) is 0 Å². The molecule has 0 radical (unpaired) electrons. The first kappa shape index (κ1) is 20.4. The first-order chi connectivity index (χ1) is 14.5. The van der Waals surface area contributed by atoms with Crippen molar-refractivity contribution in [2.75, 3.05) is 0 Å². The molecule has 0 bridgehead atoms. The lowest BCUT2D eigenvalue weighted by atomic mass is 10.1. The van der Waals surface area contributed by atoms with Gasteiger partial charge in [-0.1, -0.05) is 18.2 Å². The van der Waals surface area contributed by atoms with E-state index in [0.717, 1.165) is 21.7 Å². The minimum Gasteiger partial charge on any atom is -0.244 e. The molecule has 4 rings (SSSR count). The number of pyridine rings is 1. The fourth-order valence-electron chi connectivity index (χ4n) is 3.06. The van der Waals surface area contributed by atoms with Gasteiger partial charge < -0.3 is 0 Å². The van der Waals surface area contributed by atoms with Crippen LogP contribution in [0.1, 0.15) is 13.8 Å². The summed E-state index contributed by atoms with van der Waals surface area (Å²) in [6.07, 6.45) is 1.66. The lowest BCUT2D eigenvalue weighted by Gasteiger charge is -2.14. The topological polar surface area (TPSA) is 55.2 Å². The summed E-state index contributed by atoms with van der Waals surface area (Å²) >= 11 is 1.49. The van der Waals surface area contributed by atoms with Gasteiger partial charge in [0.25, 0.3) is 0 Å². The van der Waals surface area contributed by atoms with E-state index in [1.165, 1.54) is 23.5 Å². The van der Waals surface area contributed by atoms with E-state index in [4.69, 9.17) is 0 Å². The molecular formula is C23H20FN3OS2. The number of hydrogen-bond donors (Lipinski definition) is 0. The van der Waals surface area contributed by atoms with E-state index in [9.17, 15) is 8.60 Å². The van der Waals surface area contributed by atoms with Crippen molar-refractivity contribution < 1.29 is 8.60 Å². The van der Waals surface area contributed by atoms with E-state index in [0.29, 0.717) is 10.7 Å². The van der Waals surface area contributed by atoms with Gasteiger partial charge in [-0.05, 0) is 67.9 Å². The molecule has 0 amide bonds. The third-order valence-electron chi connectivity index (χ3n) is 4.64. The molecule has 0 saturated heterocycles. The summed E-state index contributed by atoms with van der Waals surface area (Å²) < 4.78 is 31.6. The molecule has 7 heteroatoms. The van der Waals surface area contributed by atoms with Gasteiger partial charge in [0.1, 0.15) is 5.82 Å². The summed E-state index contributed by atoms with van der Waals surface area (Å²) in [5.41, 5.74) is 4.24. The summed E-state index contributed by atoms with van der Waals surface area (Å²) in [6.45, 7) is 3.80. The predicted molar refractivity (Wildman–Crippen MR) is 121 cm³/mol. The second-order valence-corrected chi connectivity index (χ2v) is 10.6. The number of aromatic nitrogens is 2. The smallest absolute Gasteiger partial charge is 0.162 e. The molecule has 2 heterocycles. The Morgan fingerprint density at radius 3 is 2.40 bits per heavy atom. The fourth-order valence-corrected chi connectivity index (χ4v) is 5.65. The molecule has 30 heavy (non-hydrogen) atoms. The molecule has 1 unspecified atom stereocenters. The van der Waals surface area contributed by atoms with Crippen molar-refractivity contribution in [3.8, 4) is 21.7 Å². The van der Waals surface area contributed by atoms with E-state index >= 15 is 0 Å². The maximum atomic E-state index is 13.7. The van der Waals surface area contributed by atoms with Crippen molar-refractivity contribution in [1.82, 2.24) is 9.97 Å². The van der Waals surface area contributed by atoms with Crippen LogP contribution in [0.4, 0.5) is 10.2 Å². The zero-order valence-corrected chi connectivity index (χ0v) is 18.2. The van der Waals surface area contributed by atoms with E-state index in [2.05, 4.69) is 14.3 Å². The van der Waals surface area contributed by atoms with Crippen LogP contribution < -0.4 is 0 Å². The molecule has 2 aromatic heterocycles. The summed E-state index contributed by atoms with van der Waals surface area (Å²) in [4.78, 5) is 10.4. The zero-order valence-electron chi connectivity index (χ0n) is 16.5. The van der Waals surface area contributed by atoms with Crippen molar-refractivity contribution in [3.05, 3.63) is 84.3 Å². The maximum Gasteiger partial charge on any atom is 0.162 e. The molecule has 0 fully saturated rings. The van der Waals surface area contributed by atoms with Crippen LogP contribution >= 0.6 is 11.3 Å². The van der Waals surface area contributed by atoms with Crippen LogP contribution in [-0.4, -0.2) is 19.4 Å². The monoisotopic (exact) mass is 437 g/mol. The van der Waals surface area contributed by atoms with E-state index in [1.807, 2.05) is 56.3 Å². The number of benzene rings is 2. The van der Waals surface area contributed by atoms with Gasteiger partial charge in [-0.3, -0.25) is 0 Å². The van der Waals surface area contributed by atoms with E-state index in [-0.39, 0.29) is 11.1 Å². The summed E-state index contributed by atoms with van der Waals surface area (Å²) in [7, 11) is -2.68. The number of hydrogen-bond acceptors (Lipinski definition) is 5. The molecule has 0 N–H and O–H groups in total. The van der Waals surface area contributed by atoms with Crippen LogP contribution in [0.25, 0.3) is 21.7 Å². The standard InChI is InChI=1S/C23H20FN3OS2/c1-16(2)30(28,20-6-4-3-5-7-20)27-21-14-18(12-13-25-21)23-22(26-15-29-23)17-8-10-19(24)11-9-17/h3-16H,1-2H3. The van der Waals surface area contributed by atoms with Gasteiger partial charge in [0.2, 0.25) is 0 Å². The molecule has 0 spiro atoms. The molecule has 0 saturated carbocycles. The normalized spacial score (nSPS) is 13.2. The quantitative estimate of drug-likeness (QED) is 0.354. The Morgan fingerprint density at radius 1 is 0.967 bits per heavy atom. The van der Waals surface area contributed by atoms with Crippen LogP contribution in [-0.2, 0) is 9.73 Å². The number of halogens is 1. The molecule has 4 nitrogen and oxygen atoms in total. The minimum atomic E-state index is -2.68. The molecule has 0 aliphatic rings. The molecule has 2 aromatic carbocycles. The van der Waals surface area contributed by atoms with Gasteiger partial charge in [-0.25, -0.2) is 18.6 Å². The van der Waals surface area contributed by atoms with E-state index < -0.39 is 9.73 Å². The second kappa shape index (κ2) is 8.45. The highest BCUT2D eigenvalue weighted by molar-refractivity contribution is 7.94. The van der Waals surface area contributed by atoms with Gasteiger partial charge in [-0.2, -0.15) is 4.36 Å². The van der Waals surface area contributed by atoms with Crippen LogP contribution in [0, 0.1) is 5.82 Å². The molecular weight excluding hydrogens is 417 g/mol. The van der Waals surface area contributed by atoms with Crippen LogP contribution in [0.2, 0.25) is 0 Å². The van der Waals surface area contributed by atoms with Crippen molar-refractivity contribution in [1.29, 1.82) is 0 Å². The molecule has 152 valence electrons. The third kappa shape index (κ3) is 4.04. The van der Waals surface area contributed by atoms with Gasteiger partial charge in [0.05, 0.1) is 25.8 Å². The van der Waals surface area contributed by atoms with Gasteiger partial charge >= 0.3 is 0 Å². The summed E-state index contributed by atoms with van der Waals surface area (Å²) in [5, 5.41) is -0.177. The largest absolute Gasteiger partial charge is 0.244 e. The molecule has 0 aliphatic carbocycles. The lowest BCUT2D eigenvalue weighted by Crippen LogP contribution is -2.13. The second-order valence-electron chi connectivity index (χ2n) is 6.96. The fraction of sp³-hybridized carbons (Fsp3) is 0.130. The number of thiazole rings is 1. The Balaban J connectivity index is 1.80. The van der Waals surface area contributed by atoms with Crippen molar-refractivity contribution >= 4 is 26.9 Å². The average Bonchev–Trinajstić information content (AvgIpc) is 3.25. The molecule has 1 atom stereocenters. The highest BCUT2D eigenvalue weighted by atomic mass is 32.2. The number of rotatable bonds is 5. The summed E-state index contributed by atoms with van der Waals surface area (Å²) in [5.74, 6) is 0.124. The Bertz CT molecular complexity index is 1280. The molecule has 4 aromatic rings. The van der Waals surface area contributed by atoms with Crippen molar-refractivity contribution in [2.24, 2.45) is 4.36 Å². The Labute approximate surface area is 179 Å². The van der Waals surface area contributed by atoms with Crippen LogP contribution in [0.3, 0.4) is 0 Å². The van der Waals surface area contributed by atoms with Crippen LogP contribution in [0.15, 0.2) is 87.7 Å².